The van der Waals surface area contributed by atoms with Gasteiger partial charge < -0.3 is 20.4 Å². The zero-order chi connectivity index (χ0) is 15.6. The zero-order valence-corrected chi connectivity index (χ0v) is 12.2. The molecule has 2 rings (SSSR count). The monoisotopic (exact) mass is 292 g/mol. The number of carboxylic acid groups (broad SMARTS) is 1. The molecule has 0 aromatic heterocycles. The lowest BCUT2D eigenvalue weighted by molar-refractivity contribution is 0.0696. The number of carbonyl (C=O) groups is 2. The number of carboxylic acids is 1. The van der Waals surface area contributed by atoms with Crippen molar-refractivity contribution in [2.75, 3.05) is 18.5 Å². The molecule has 0 bridgehead atoms. The van der Waals surface area contributed by atoms with Crippen LogP contribution in [0.4, 0.5) is 10.5 Å². The van der Waals surface area contributed by atoms with Crippen molar-refractivity contribution in [1.82, 2.24) is 4.90 Å². The van der Waals surface area contributed by atoms with Crippen LogP contribution in [0.5, 0.6) is 0 Å². The fourth-order valence-electron chi connectivity index (χ4n) is 2.73. The molecule has 21 heavy (non-hydrogen) atoms. The van der Waals surface area contributed by atoms with Gasteiger partial charge in [-0.3, -0.25) is 0 Å². The molecule has 6 nitrogen and oxygen atoms in total. The minimum Gasteiger partial charge on any atom is -0.478 e. The van der Waals surface area contributed by atoms with Crippen molar-refractivity contribution >= 4 is 17.7 Å². The first-order valence-corrected chi connectivity index (χ1v) is 6.97. The second kappa shape index (κ2) is 6.13. The van der Waals surface area contributed by atoms with E-state index in [0.717, 1.165) is 6.42 Å². The number of aliphatic hydroxyl groups excluding tert-OH is 1. The third-order valence-corrected chi connectivity index (χ3v) is 4.14. The van der Waals surface area contributed by atoms with Crippen LogP contribution >= 0.6 is 0 Å². The number of nitrogens with zero attached hydrogens (tertiary/aromatic N) is 1. The molecule has 2 amide bonds. The summed E-state index contributed by atoms with van der Waals surface area (Å²) in [6, 6.07) is 4.29. The molecule has 1 aliphatic rings. The van der Waals surface area contributed by atoms with Gasteiger partial charge in [0.2, 0.25) is 0 Å². The number of anilines is 1. The van der Waals surface area contributed by atoms with Crippen molar-refractivity contribution < 1.29 is 19.8 Å². The highest BCUT2D eigenvalue weighted by Gasteiger charge is 2.34. The van der Waals surface area contributed by atoms with E-state index < -0.39 is 5.97 Å². The smallest absolute Gasteiger partial charge is 0.336 e. The fraction of sp³-hybridized carbons (Fsp3) is 0.467. The first kappa shape index (κ1) is 15.3. The van der Waals surface area contributed by atoms with E-state index in [0.29, 0.717) is 17.8 Å². The van der Waals surface area contributed by atoms with Crippen molar-refractivity contribution in [3.05, 3.63) is 29.3 Å². The number of benzene rings is 1. The van der Waals surface area contributed by atoms with Crippen LogP contribution in [0.1, 0.15) is 29.3 Å². The molecule has 0 saturated carbocycles. The highest BCUT2D eigenvalue weighted by molar-refractivity contribution is 5.95. The van der Waals surface area contributed by atoms with Crippen molar-refractivity contribution in [2.45, 2.75) is 26.3 Å². The van der Waals surface area contributed by atoms with Gasteiger partial charge in [0.05, 0.1) is 18.2 Å². The molecule has 1 aromatic carbocycles. The van der Waals surface area contributed by atoms with Gasteiger partial charge in [0.25, 0.3) is 0 Å². The van der Waals surface area contributed by atoms with Crippen molar-refractivity contribution in [1.29, 1.82) is 0 Å². The van der Waals surface area contributed by atoms with Crippen molar-refractivity contribution in [3.8, 4) is 0 Å². The highest BCUT2D eigenvalue weighted by atomic mass is 16.4. The highest BCUT2D eigenvalue weighted by Crippen LogP contribution is 2.25. The van der Waals surface area contributed by atoms with Gasteiger partial charge >= 0.3 is 12.0 Å². The number of nitrogens with one attached hydrogen (secondary N) is 1. The van der Waals surface area contributed by atoms with Crippen LogP contribution in [0, 0.1) is 12.8 Å². The normalized spacial score (nSPS) is 21.4. The maximum Gasteiger partial charge on any atom is 0.336 e. The Morgan fingerprint density at radius 2 is 2.14 bits per heavy atom. The Labute approximate surface area is 123 Å². The second-order valence-electron chi connectivity index (χ2n) is 5.42. The Morgan fingerprint density at radius 1 is 1.43 bits per heavy atom. The van der Waals surface area contributed by atoms with E-state index in [1.807, 2.05) is 6.92 Å². The maximum atomic E-state index is 12.3. The summed E-state index contributed by atoms with van der Waals surface area (Å²) in [6.45, 7) is 4.19. The Balaban J connectivity index is 2.17. The number of amides is 2. The van der Waals surface area contributed by atoms with Crippen molar-refractivity contribution in [2.24, 2.45) is 5.92 Å². The number of hydrogen-bond donors (Lipinski definition) is 3. The van der Waals surface area contributed by atoms with E-state index in [9.17, 15) is 14.7 Å². The average Bonchev–Trinajstić information content (AvgIpc) is 2.81. The molecule has 1 aromatic rings. The van der Waals surface area contributed by atoms with E-state index in [1.54, 1.807) is 24.0 Å². The van der Waals surface area contributed by atoms with E-state index >= 15 is 0 Å². The third-order valence-electron chi connectivity index (χ3n) is 4.14. The minimum absolute atomic E-state index is 0.0667. The second-order valence-corrected chi connectivity index (χ2v) is 5.42. The number of aromatic carboxylic acids is 1. The molecule has 2 atom stereocenters. The molecule has 0 aliphatic carbocycles. The van der Waals surface area contributed by atoms with Gasteiger partial charge in [-0.15, -0.1) is 0 Å². The van der Waals surface area contributed by atoms with Gasteiger partial charge in [0.15, 0.2) is 0 Å². The molecule has 114 valence electrons. The Bertz CT molecular complexity index is 559. The lowest BCUT2D eigenvalue weighted by Gasteiger charge is -2.25. The summed E-state index contributed by atoms with van der Waals surface area (Å²) in [4.78, 5) is 25.0. The summed E-state index contributed by atoms with van der Waals surface area (Å²) in [7, 11) is 0. The average molecular weight is 292 g/mol. The first-order chi connectivity index (χ1) is 9.95. The predicted molar refractivity (Wildman–Crippen MR) is 78.5 cm³/mol. The summed E-state index contributed by atoms with van der Waals surface area (Å²) in [6.07, 6.45) is 0.854. The number of carbonyl (C=O) groups excluding carboxylic acids is 1. The van der Waals surface area contributed by atoms with Gasteiger partial charge in [-0.1, -0.05) is 13.0 Å². The lowest BCUT2D eigenvalue weighted by Crippen LogP contribution is -2.42. The summed E-state index contributed by atoms with van der Waals surface area (Å²) in [5.74, 6) is -0.765. The van der Waals surface area contributed by atoms with Gasteiger partial charge in [-0.05, 0) is 37.0 Å². The molecule has 1 heterocycles. The van der Waals surface area contributed by atoms with Gasteiger partial charge in [0.1, 0.15) is 0 Å². The summed E-state index contributed by atoms with van der Waals surface area (Å²) in [5, 5.41) is 21.2. The quantitative estimate of drug-likeness (QED) is 0.794. The molecular weight excluding hydrogens is 272 g/mol. The number of aliphatic hydroxyl groups is 1. The minimum atomic E-state index is -1.02. The van der Waals surface area contributed by atoms with Crippen LogP contribution in [0.15, 0.2) is 18.2 Å². The van der Waals surface area contributed by atoms with Crippen LogP contribution in [-0.2, 0) is 0 Å². The summed E-state index contributed by atoms with van der Waals surface area (Å²) in [5.41, 5.74) is 1.17. The lowest BCUT2D eigenvalue weighted by atomic mass is 10.0. The fourth-order valence-corrected chi connectivity index (χ4v) is 2.73. The van der Waals surface area contributed by atoms with Crippen LogP contribution in [0.25, 0.3) is 0 Å². The number of likely N-dealkylation sites (tertiary alicyclic amines) is 1. The van der Waals surface area contributed by atoms with Gasteiger partial charge in [-0.2, -0.15) is 0 Å². The molecule has 1 fully saturated rings. The molecule has 6 heteroatoms. The van der Waals surface area contributed by atoms with E-state index in [1.165, 1.54) is 6.07 Å². The SMILES string of the molecule is Cc1c(NC(=O)N2CCC(C)C2CO)cccc1C(=O)O. The number of rotatable bonds is 3. The van der Waals surface area contributed by atoms with E-state index in [2.05, 4.69) is 5.32 Å². The van der Waals surface area contributed by atoms with E-state index in [-0.39, 0.29) is 30.2 Å². The molecule has 3 N–H and O–H groups in total. The van der Waals surface area contributed by atoms with Gasteiger partial charge in [0, 0.05) is 12.2 Å². The predicted octanol–water partition coefficient (Wildman–Crippen LogP) is 1.93. The topological polar surface area (TPSA) is 89.9 Å². The largest absolute Gasteiger partial charge is 0.478 e. The van der Waals surface area contributed by atoms with E-state index in [4.69, 9.17) is 5.11 Å². The molecule has 0 spiro atoms. The summed E-state index contributed by atoms with van der Waals surface area (Å²) < 4.78 is 0. The standard InChI is InChI=1S/C15H20N2O4/c1-9-6-7-17(13(9)8-18)15(21)16-12-5-3-4-11(10(12)2)14(19)20/h3-5,9,13,18H,6-8H2,1-2H3,(H,16,21)(H,19,20). The van der Waals surface area contributed by atoms with Gasteiger partial charge in [-0.25, -0.2) is 9.59 Å². The molecular formula is C15H20N2O4. The molecule has 1 aliphatic heterocycles. The van der Waals surface area contributed by atoms with Crippen LogP contribution in [-0.4, -0.2) is 46.3 Å². The van der Waals surface area contributed by atoms with Crippen molar-refractivity contribution in [3.63, 3.8) is 0 Å². The Hall–Kier alpha value is -2.08. The molecule has 2 unspecified atom stereocenters. The number of hydrogen-bond acceptors (Lipinski definition) is 3. The molecule has 1 saturated heterocycles. The Morgan fingerprint density at radius 3 is 2.76 bits per heavy atom. The summed E-state index contributed by atoms with van der Waals surface area (Å²) >= 11 is 0. The number of urea groups is 1. The molecule has 0 radical (unpaired) electrons. The third kappa shape index (κ3) is 3.00. The van der Waals surface area contributed by atoms with Crippen LogP contribution < -0.4 is 5.32 Å². The van der Waals surface area contributed by atoms with Crippen LogP contribution in [0.3, 0.4) is 0 Å². The zero-order valence-electron chi connectivity index (χ0n) is 12.2. The maximum absolute atomic E-state index is 12.3. The first-order valence-electron chi connectivity index (χ1n) is 6.97. The van der Waals surface area contributed by atoms with Crippen LogP contribution in [0.2, 0.25) is 0 Å². The Kier molecular flexibility index (Phi) is 4.47.